The second kappa shape index (κ2) is 7.52. The van der Waals surface area contributed by atoms with Gasteiger partial charge in [-0.2, -0.15) is 0 Å². The third-order valence-corrected chi connectivity index (χ3v) is 3.97. The minimum atomic E-state index is 0.115. The van der Waals surface area contributed by atoms with Crippen molar-refractivity contribution < 1.29 is 18.9 Å². The van der Waals surface area contributed by atoms with E-state index in [2.05, 4.69) is 5.32 Å². The lowest BCUT2D eigenvalue weighted by atomic mass is 9.97. The Morgan fingerprint density at radius 2 is 1.86 bits per heavy atom. The van der Waals surface area contributed by atoms with Crippen LogP contribution in [0.4, 0.5) is 0 Å². The van der Waals surface area contributed by atoms with E-state index in [1.165, 1.54) is 0 Å². The Balaban J connectivity index is 2.33. The van der Waals surface area contributed by atoms with Gasteiger partial charge >= 0.3 is 0 Å². The number of nitrogens with one attached hydrogen (secondary N) is 1. The molecule has 1 aromatic rings. The van der Waals surface area contributed by atoms with Crippen molar-refractivity contribution in [1.29, 1.82) is 0 Å². The molecule has 2 unspecified atom stereocenters. The van der Waals surface area contributed by atoms with Crippen molar-refractivity contribution >= 4 is 0 Å². The van der Waals surface area contributed by atoms with Crippen molar-refractivity contribution in [1.82, 2.24) is 5.32 Å². The normalized spacial score (nSPS) is 19.3. The van der Waals surface area contributed by atoms with Gasteiger partial charge in [0.2, 0.25) is 0 Å². The molecule has 21 heavy (non-hydrogen) atoms. The molecule has 2 atom stereocenters. The van der Waals surface area contributed by atoms with Crippen LogP contribution in [0.15, 0.2) is 12.1 Å². The smallest absolute Gasteiger partial charge is 0.131 e. The Kier molecular flexibility index (Phi) is 5.70. The van der Waals surface area contributed by atoms with Crippen molar-refractivity contribution in [2.75, 3.05) is 35.0 Å². The highest BCUT2D eigenvalue weighted by Gasteiger charge is 2.26. The lowest BCUT2D eigenvalue weighted by Crippen LogP contribution is -2.23. The molecule has 0 amide bonds. The first-order valence-electron chi connectivity index (χ1n) is 7.32. The molecule has 1 fully saturated rings. The lowest BCUT2D eigenvalue weighted by molar-refractivity contribution is 0.0948. The second-order valence-electron chi connectivity index (χ2n) is 5.16. The molecular weight excluding hydrogens is 270 g/mol. The Morgan fingerprint density at radius 3 is 2.29 bits per heavy atom. The highest BCUT2D eigenvalue weighted by atomic mass is 16.5. The highest BCUT2D eigenvalue weighted by molar-refractivity contribution is 5.52. The van der Waals surface area contributed by atoms with Crippen LogP contribution in [0.1, 0.15) is 30.9 Å². The summed E-state index contributed by atoms with van der Waals surface area (Å²) in [6.07, 6.45) is 3.44. The Labute approximate surface area is 126 Å². The van der Waals surface area contributed by atoms with E-state index in [9.17, 15) is 0 Å². The number of methoxy groups -OCH3 is 3. The van der Waals surface area contributed by atoms with Crippen LogP contribution in [0.3, 0.4) is 0 Å². The topological polar surface area (TPSA) is 49.0 Å². The van der Waals surface area contributed by atoms with Gasteiger partial charge in [0.05, 0.1) is 33.0 Å². The summed E-state index contributed by atoms with van der Waals surface area (Å²) in [6.45, 7) is 0.859. The van der Waals surface area contributed by atoms with Crippen LogP contribution in [0.2, 0.25) is 0 Å². The molecule has 0 aliphatic carbocycles. The predicted molar refractivity (Wildman–Crippen MR) is 81.5 cm³/mol. The minimum Gasteiger partial charge on any atom is -0.496 e. The lowest BCUT2D eigenvalue weighted by Gasteiger charge is -2.24. The van der Waals surface area contributed by atoms with Crippen LogP contribution in [0.25, 0.3) is 0 Å². The third kappa shape index (κ3) is 3.60. The van der Waals surface area contributed by atoms with Crippen LogP contribution in [-0.4, -0.2) is 41.1 Å². The molecule has 1 aliphatic heterocycles. The summed E-state index contributed by atoms with van der Waals surface area (Å²) in [4.78, 5) is 0. The summed E-state index contributed by atoms with van der Waals surface area (Å²) in [5, 5.41) is 3.35. The fourth-order valence-corrected chi connectivity index (χ4v) is 2.85. The minimum absolute atomic E-state index is 0.115. The summed E-state index contributed by atoms with van der Waals surface area (Å²) < 4.78 is 22.1. The van der Waals surface area contributed by atoms with E-state index in [0.29, 0.717) is 6.10 Å². The van der Waals surface area contributed by atoms with Crippen molar-refractivity contribution in [3.8, 4) is 17.2 Å². The maximum absolute atomic E-state index is 5.75. The van der Waals surface area contributed by atoms with Gasteiger partial charge in [-0.25, -0.2) is 0 Å². The van der Waals surface area contributed by atoms with Gasteiger partial charge in [0.15, 0.2) is 0 Å². The van der Waals surface area contributed by atoms with Crippen LogP contribution < -0.4 is 19.5 Å². The molecule has 1 aromatic carbocycles. The summed E-state index contributed by atoms with van der Waals surface area (Å²) in [5.74, 6) is 2.26. The van der Waals surface area contributed by atoms with E-state index < -0.39 is 0 Å². The standard InChI is InChI=1S/C16H25NO4/c1-17-13(8-11-6-5-7-21-11)16-14(19-3)9-12(18-2)10-15(16)20-4/h9-11,13,17H,5-8H2,1-4H3. The molecule has 1 aliphatic rings. The molecule has 1 N–H and O–H groups in total. The number of ether oxygens (including phenoxy) is 4. The monoisotopic (exact) mass is 295 g/mol. The largest absolute Gasteiger partial charge is 0.496 e. The molecule has 1 heterocycles. The van der Waals surface area contributed by atoms with Gasteiger partial charge in [-0.3, -0.25) is 0 Å². The van der Waals surface area contributed by atoms with E-state index in [4.69, 9.17) is 18.9 Å². The summed E-state index contributed by atoms with van der Waals surface area (Å²) in [7, 11) is 6.91. The van der Waals surface area contributed by atoms with Crippen molar-refractivity contribution in [2.45, 2.75) is 31.4 Å². The average Bonchev–Trinajstić information content (AvgIpc) is 3.04. The van der Waals surface area contributed by atoms with E-state index >= 15 is 0 Å². The molecule has 0 bridgehead atoms. The fraction of sp³-hybridized carbons (Fsp3) is 0.625. The van der Waals surface area contributed by atoms with E-state index in [1.807, 2.05) is 19.2 Å². The Morgan fingerprint density at radius 1 is 1.19 bits per heavy atom. The summed E-state index contributed by atoms with van der Waals surface area (Å²) in [5.41, 5.74) is 1.01. The van der Waals surface area contributed by atoms with Gasteiger partial charge in [-0.05, 0) is 26.3 Å². The Bertz CT molecular complexity index is 433. The number of hydrogen-bond acceptors (Lipinski definition) is 5. The number of benzene rings is 1. The van der Waals surface area contributed by atoms with Crippen molar-refractivity contribution in [3.05, 3.63) is 17.7 Å². The van der Waals surface area contributed by atoms with Gasteiger partial charge in [0.25, 0.3) is 0 Å². The van der Waals surface area contributed by atoms with Gasteiger partial charge in [-0.1, -0.05) is 0 Å². The van der Waals surface area contributed by atoms with Crippen LogP contribution in [0.5, 0.6) is 17.2 Å². The van der Waals surface area contributed by atoms with Gasteiger partial charge in [0, 0.05) is 24.8 Å². The fourth-order valence-electron chi connectivity index (χ4n) is 2.85. The number of rotatable bonds is 7. The molecular formula is C16H25NO4. The Hall–Kier alpha value is -1.46. The summed E-state index contributed by atoms with van der Waals surface area (Å²) >= 11 is 0. The zero-order valence-corrected chi connectivity index (χ0v) is 13.3. The van der Waals surface area contributed by atoms with Gasteiger partial charge in [-0.15, -0.1) is 0 Å². The maximum Gasteiger partial charge on any atom is 0.131 e. The first-order chi connectivity index (χ1) is 10.2. The quantitative estimate of drug-likeness (QED) is 0.837. The van der Waals surface area contributed by atoms with Crippen LogP contribution >= 0.6 is 0 Å². The third-order valence-electron chi connectivity index (χ3n) is 3.97. The first-order valence-corrected chi connectivity index (χ1v) is 7.32. The van der Waals surface area contributed by atoms with Crippen LogP contribution in [0, 0.1) is 0 Å². The molecule has 0 saturated carbocycles. The maximum atomic E-state index is 5.75. The van der Waals surface area contributed by atoms with E-state index in [1.54, 1.807) is 21.3 Å². The highest BCUT2D eigenvalue weighted by Crippen LogP contribution is 2.40. The van der Waals surface area contributed by atoms with E-state index in [0.717, 1.165) is 48.7 Å². The molecule has 5 heteroatoms. The zero-order valence-electron chi connectivity index (χ0n) is 13.3. The molecule has 0 spiro atoms. The molecule has 0 aromatic heterocycles. The molecule has 1 saturated heterocycles. The molecule has 5 nitrogen and oxygen atoms in total. The van der Waals surface area contributed by atoms with E-state index in [-0.39, 0.29) is 6.04 Å². The second-order valence-corrected chi connectivity index (χ2v) is 5.16. The van der Waals surface area contributed by atoms with Crippen molar-refractivity contribution in [2.24, 2.45) is 0 Å². The first kappa shape index (κ1) is 15.9. The van der Waals surface area contributed by atoms with Gasteiger partial charge in [0.1, 0.15) is 17.2 Å². The molecule has 118 valence electrons. The van der Waals surface area contributed by atoms with Gasteiger partial charge < -0.3 is 24.3 Å². The van der Waals surface area contributed by atoms with Crippen LogP contribution in [-0.2, 0) is 4.74 Å². The molecule has 2 rings (SSSR count). The predicted octanol–water partition coefficient (Wildman–Crippen LogP) is 2.54. The summed E-state index contributed by atoms with van der Waals surface area (Å²) in [6, 6.07) is 3.89. The SMILES string of the molecule is CNC(CC1CCCO1)c1c(OC)cc(OC)cc1OC. The van der Waals surface area contributed by atoms with Crippen molar-refractivity contribution in [3.63, 3.8) is 0 Å². The molecule has 0 radical (unpaired) electrons. The number of hydrogen-bond donors (Lipinski definition) is 1. The average molecular weight is 295 g/mol. The zero-order chi connectivity index (χ0) is 15.2.